The molecule has 220 valence electrons. The van der Waals surface area contributed by atoms with E-state index in [1.54, 1.807) is 60.7 Å². The van der Waals surface area contributed by atoms with Crippen molar-refractivity contribution in [2.45, 2.75) is 23.6 Å². The summed E-state index contributed by atoms with van der Waals surface area (Å²) in [6, 6.07) is 24.7. The topological polar surface area (TPSA) is 131 Å². The number of ether oxygens (including phenoxy) is 2. The Morgan fingerprint density at radius 1 is 0.738 bits per heavy atom. The minimum atomic E-state index is -4.11. The van der Waals surface area contributed by atoms with Gasteiger partial charge in [0.05, 0.1) is 29.2 Å². The molecule has 0 aromatic heterocycles. The molecule has 1 amide bonds. The molecule has 4 aromatic rings. The number of methoxy groups -OCH3 is 1. The minimum Gasteiger partial charge on any atom is -0.497 e. The summed E-state index contributed by atoms with van der Waals surface area (Å²) < 4.78 is 66.9. The zero-order chi connectivity index (χ0) is 30.3. The van der Waals surface area contributed by atoms with Gasteiger partial charge in [-0.3, -0.25) is 13.8 Å². The summed E-state index contributed by atoms with van der Waals surface area (Å²) in [5.74, 6) is 0.534. The van der Waals surface area contributed by atoms with E-state index in [4.69, 9.17) is 9.47 Å². The average Bonchev–Trinajstić information content (AvgIpc) is 2.97. The number of aryl methyl sites for hydroxylation is 1. The second-order valence-corrected chi connectivity index (χ2v) is 12.7. The predicted octanol–water partition coefficient (Wildman–Crippen LogP) is 5.04. The molecule has 0 radical (unpaired) electrons. The number of carbonyl (C=O) groups excluding carboxylic acids is 1. The lowest BCUT2D eigenvalue weighted by molar-refractivity contribution is -0.114. The molecule has 0 atom stereocenters. The van der Waals surface area contributed by atoms with Crippen molar-refractivity contribution in [1.29, 1.82) is 0 Å². The lowest BCUT2D eigenvalue weighted by Crippen LogP contribution is -2.38. The number of rotatable bonds is 12. The van der Waals surface area contributed by atoms with E-state index in [1.807, 2.05) is 13.8 Å². The quantitative estimate of drug-likeness (QED) is 0.230. The van der Waals surface area contributed by atoms with E-state index < -0.39 is 32.5 Å². The summed E-state index contributed by atoms with van der Waals surface area (Å²) in [5, 5.41) is 2.65. The number of anilines is 3. The molecule has 4 rings (SSSR count). The van der Waals surface area contributed by atoms with Crippen molar-refractivity contribution in [3.05, 3.63) is 103 Å². The Morgan fingerprint density at radius 3 is 1.86 bits per heavy atom. The highest BCUT2D eigenvalue weighted by atomic mass is 32.2. The summed E-state index contributed by atoms with van der Waals surface area (Å²) >= 11 is 0. The first-order valence-corrected chi connectivity index (χ1v) is 15.8. The number of sulfonamides is 2. The maximum atomic E-state index is 13.6. The number of amides is 1. The molecule has 0 aliphatic carbocycles. The maximum Gasteiger partial charge on any atom is 0.264 e. The second-order valence-electron chi connectivity index (χ2n) is 9.16. The number of hydrogen-bond donors (Lipinski definition) is 2. The maximum absolute atomic E-state index is 13.6. The fraction of sp³-hybridized carbons (Fsp3) is 0.167. The molecule has 0 aliphatic rings. The van der Waals surface area contributed by atoms with E-state index in [1.165, 1.54) is 43.5 Å². The van der Waals surface area contributed by atoms with E-state index in [0.29, 0.717) is 29.5 Å². The van der Waals surface area contributed by atoms with Gasteiger partial charge in [0.2, 0.25) is 5.91 Å². The van der Waals surface area contributed by atoms with Crippen molar-refractivity contribution in [1.82, 2.24) is 0 Å². The lowest BCUT2D eigenvalue weighted by Gasteiger charge is -2.24. The van der Waals surface area contributed by atoms with Crippen LogP contribution in [0.15, 0.2) is 107 Å². The van der Waals surface area contributed by atoms with Crippen LogP contribution in [0.2, 0.25) is 0 Å². The minimum absolute atomic E-state index is 0.0192. The molecular weight excluding hydrogens is 578 g/mol. The van der Waals surface area contributed by atoms with Crippen molar-refractivity contribution in [3.63, 3.8) is 0 Å². The molecule has 0 spiro atoms. The van der Waals surface area contributed by atoms with Crippen LogP contribution in [-0.2, 0) is 24.8 Å². The lowest BCUT2D eigenvalue weighted by atomic mass is 10.2. The van der Waals surface area contributed by atoms with Crippen LogP contribution in [0.3, 0.4) is 0 Å². The smallest absolute Gasteiger partial charge is 0.264 e. The molecule has 10 nitrogen and oxygen atoms in total. The molecule has 0 aliphatic heterocycles. The van der Waals surface area contributed by atoms with Gasteiger partial charge in [0.25, 0.3) is 20.0 Å². The Hall–Kier alpha value is -4.55. The fourth-order valence-corrected chi connectivity index (χ4v) is 6.43. The molecule has 0 bridgehead atoms. The zero-order valence-electron chi connectivity index (χ0n) is 23.3. The third kappa shape index (κ3) is 7.39. The van der Waals surface area contributed by atoms with E-state index in [9.17, 15) is 21.6 Å². The Kier molecular flexibility index (Phi) is 9.38. The molecule has 0 heterocycles. The number of carbonyl (C=O) groups is 1. The SMILES string of the molecule is CCOc1ccc(N(CC(=O)Nc2ccc(S(=O)(=O)Nc3ccc(OC)cc3)cc2)S(=O)(=O)c2ccc(C)cc2)cc1. The van der Waals surface area contributed by atoms with Gasteiger partial charge in [-0.05, 0) is 98.8 Å². The van der Waals surface area contributed by atoms with Gasteiger partial charge in [-0.15, -0.1) is 0 Å². The highest BCUT2D eigenvalue weighted by Gasteiger charge is 2.27. The van der Waals surface area contributed by atoms with Crippen molar-refractivity contribution in [3.8, 4) is 11.5 Å². The standard InChI is InChI=1S/C30H31N3O7S2/c1-4-40-27-15-11-25(12-16-27)33(42(37,38)29-17-5-22(2)6-18-29)21-30(34)31-23-9-19-28(20-10-23)41(35,36)32-24-7-13-26(39-3)14-8-24/h5-20,32H,4,21H2,1-3H3,(H,31,34). The summed E-state index contributed by atoms with van der Waals surface area (Å²) in [6.07, 6.45) is 0. The Balaban J connectivity index is 1.52. The van der Waals surface area contributed by atoms with Crippen molar-refractivity contribution in [2.75, 3.05) is 34.6 Å². The van der Waals surface area contributed by atoms with Gasteiger partial charge in [0.15, 0.2) is 0 Å². The van der Waals surface area contributed by atoms with Gasteiger partial charge in [-0.2, -0.15) is 0 Å². The van der Waals surface area contributed by atoms with Crippen LogP contribution in [-0.4, -0.2) is 43.0 Å². The first-order valence-electron chi connectivity index (χ1n) is 12.9. The highest BCUT2D eigenvalue weighted by Crippen LogP contribution is 2.27. The van der Waals surface area contributed by atoms with Gasteiger partial charge >= 0.3 is 0 Å². The molecule has 12 heteroatoms. The van der Waals surface area contributed by atoms with Crippen LogP contribution in [0.1, 0.15) is 12.5 Å². The number of nitrogens with zero attached hydrogens (tertiary/aromatic N) is 1. The fourth-order valence-electron chi connectivity index (χ4n) is 3.95. The molecule has 0 saturated heterocycles. The number of benzene rings is 4. The average molecular weight is 610 g/mol. The first-order chi connectivity index (χ1) is 20.0. The second kappa shape index (κ2) is 13.0. The molecule has 42 heavy (non-hydrogen) atoms. The van der Waals surface area contributed by atoms with E-state index in [0.717, 1.165) is 9.87 Å². The van der Waals surface area contributed by atoms with Gasteiger partial charge in [0.1, 0.15) is 18.0 Å². The molecule has 2 N–H and O–H groups in total. The molecular formula is C30H31N3O7S2. The monoisotopic (exact) mass is 609 g/mol. The third-order valence-corrected chi connectivity index (χ3v) is 9.31. The Bertz CT molecular complexity index is 1720. The largest absolute Gasteiger partial charge is 0.497 e. The highest BCUT2D eigenvalue weighted by molar-refractivity contribution is 7.93. The van der Waals surface area contributed by atoms with Crippen LogP contribution in [0.25, 0.3) is 0 Å². The Labute approximate surface area is 246 Å². The van der Waals surface area contributed by atoms with Crippen molar-refractivity contribution in [2.24, 2.45) is 0 Å². The van der Waals surface area contributed by atoms with E-state index >= 15 is 0 Å². The molecule has 0 unspecified atom stereocenters. The van der Waals surface area contributed by atoms with Crippen LogP contribution in [0, 0.1) is 6.92 Å². The summed E-state index contributed by atoms with van der Waals surface area (Å²) in [5.41, 5.74) is 1.82. The van der Waals surface area contributed by atoms with Crippen molar-refractivity contribution < 1.29 is 31.1 Å². The summed E-state index contributed by atoms with van der Waals surface area (Å²) in [7, 11) is -6.49. The van der Waals surface area contributed by atoms with Crippen LogP contribution in [0.5, 0.6) is 11.5 Å². The van der Waals surface area contributed by atoms with Crippen LogP contribution >= 0.6 is 0 Å². The van der Waals surface area contributed by atoms with Crippen molar-refractivity contribution >= 4 is 43.0 Å². The first kappa shape index (κ1) is 30.4. The predicted molar refractivity (Wildman–Crippen MR) is 162 cm³/mol. The van der Waals surface area contributed by atoms with Crippen LogP contribution in [0.4, 0.5) is 17.1 Å². The summed E-state index contributed by atoms with van der Waals surface area (Å²) in [6.45, 7) is 3.61. The number of nitrogens with one attached hydrogen (secondary N) is 2. The van der Waals surface area contributed by atoms with Gasteiger partial charge < -0.3 is 14.8 Å². The Morgan fingerprint density at radius 2 is 1.29 bits per heavy atom. The number of hydrogen-bond acceptors (Lipinski definition) is 7. The molecule has 4 aromatic carbocycles. The zero-order valence-corrected chi connectivity index (χ0v) is 24.9. The van der Waals surface area contributed by atoms with E-state index in [-0.39, 0.29) is 15.5 Å². The van der Waals surface area contributed by atoms with E-state index in [2.05, 4.69) is 10.0 Å². The normalized spacial score (nSPS) is 11.4. The van der Waals surface area contributed by atoms with Gasteiger partial charge in [-0.25, -0.2) is 16.8 Å². The summed E-state index contributed by atoms with van der Waals surface area (Å²) in [4.78, 5) is 13.1. The van der Waals surface area contributed by atoms with Crippen LogP contribution < -0.4 is 23.8 Å². The van der Waals surface area contributed by atoms with Gasteiger partial charge in [0, 0.05) is 11.4 Å². The molecule has 0 saturated carbocycles. The third-order valence-electron chi connectivity index (χ3n) is 6.12. The van der Waals surface area contributed by atoms with Gasteiger partial charge in [-0.1, -0.05) is 17.7 Å². The molecule has 0 fully saturated rings.